The number of nitrogens with zero attached hydrogens (tertiary/aromatic N) is 2. The Morgan fingerprint density at radius 2 is 1.82 bits per heavy atom. The van der Waals surface area contributed by atoms with Crippen molar-refractivity contribution in [3.05, 3.63) is 71.8 Å². The summed E-state index contributed by atoms with van der Waals surface area (Å²) >= 11 is 0. The predicted molar refractivity (Wildman–Crippen MR) is 138 cm³/mol. The van der Waals surface area contributed by atoms with Gasteiger partial charge in [0.1, 0.15) is 6.10 Å². The summed E-state index contributed by atoms with van der Waals surface area (Å²) in [5.74, 6) is -0.312. The van der Waals surface area contributed by atoms with Crippen molar-refractivity contribution in [2.45, 2.75) is 55.4 Å². The van der Waals surface area contributed by atoms with Crippen LogP contribution < -0.4 is 5.32 Å². The predicted octanol–water partition coefficient (Wildman–Crippen LogP) is 2.83. The number of sulfonamides is 1. The van der Waals surface area contributed by atoms with Crippen LogP contribution >= 0.6 is 0 Å². The lowest BCUT2D eigenvalue weighted by molar-refractivity contribution is -0.137. The smallest absolute Gasteiger partial charge is 0.390 e. The lowest BCUT2D eigenvalue weighted by atomic mass is 10.0. The summed E-state index contributed by atoms with van der Waals surface area (Å²) in [5.41, 5.74) is -0.0980. The summed E-state index contributed by atoms with van der Waals surface area (Å²) in [7, 11) is -4.19. The zero-order valence-corrected chi connectivity index (χ0v) is 22.4. The van der Waals surface area contributed by atoms with Gasteiger partial charge in [0.15, 0.2) is 0 Å². The van der Waals surface area contributed by atoms with Crippen LogP contribution in [0.5, 0.6) is 0 Å². The molecule has 39 heavy (non-hydrogen) atoms. The van der Waals surface area contributed by atoms with Crippen LogP contribution in [0.4, 0.5) is 13.2 Å². The SMILES string of the molecule is C[C]1CN(CC(=O)N[C@@H](Cc2ccccc2)[C@H](O)CN(C2CC2)S(=O)(=O)c2ccc(C(F)(F)F)cc2)CCO1. The van der Waals surface area contributed by atoms with Gasteiger partial charge in [-0.05, 0) is 56.0 Å². The van der Waals surface area contributed by atoms with E-state index in [0.29, 0.717) is 32.5 Å². The van der Waals surface area contributed by atoms with Gasteiger partial charge < -0.3 is 15.2 Å². The van der Waals surface area contributed by atoms with Crippen molar-refractivity contribution in [1.82, 2.24) is 14.5 Å². The summed E-state index contributed by atoms with van der Waals surface area (Å²) in [6.45, 7) is 3.20. The summed E-state index contributed by atoms with van der Waals surface area (Å²) in [4.78, 5) is 14.6. The molecule has 2 atom stereocenters. The number of ether oxygens (including phenoxy) is 1. The van der Waals surface area contributed by atoms with Gasteiger partial charge in [-0.2, -0.15) is 17.5 Å². The highest BCUT2D eigenvalue weighted by Gasteiger charge is 2.41. The van der Waals surface area contributed by atoms with Crippen molar-refractivity contribution in [3.8, 4) is 0 Å². The molecule has 1 aliphatic carbocycles. The molecule has 1 saturated heterocycles. The highest BCUT2D eigenvalue weighted by molar-refractivity contribution is 7.89. The Hall–Kier alpha value is -2.51. The van der Waals surface area contributed by atoms with Crippen LogP contribution in [0, 0.1) is 6.10 Å². The second-order valence-corrected chi connectivity index (χ2v) is 11.9. The maximum atomic E-state index is 13.4. The minimum atomic E-state index is -4.59. The minimum absolute atomic E-state index is 0.0922. The number of aliphatic hydroxyl groups excluding tert-OH is 1. The minimum Gasteiger partial charge on any atom is -0.390 e. The maximum absolute atomic E-state index is 13.4. The molecule has 2 aromatic carbocycles. The van der Waals surface area contributed by atoms with E-state index in [4.69, 9.17) is 4.74 Å². The number of morpholine rings is 1. The number of carbonyl (C=O) groups is 1. The molecular weight excluding hydrogens is 535 g/mol. The van der Waals surface area contributed by atoms with E-state index in [1.165, 1.54) is 0 Å². The first-order valence-corrected chi connectivity index (χ1v) is 14.3. The van der Waals surface area contributed by atoms with Crippen LogP contribution in [0.2, 0.25) is 0 Å². The van der Waals surface area contributed by atoms with Crippen molar-refractivity contribution in [2.75, 3.05) is 32.8 Å². The number of rotatable bonds is 11. The van der Waals surface area contributed by atoms with E-state index < -0.39 is 33.9 Å². The number of aliphatic hydroxyl groups is 1. The molecule has 1 aliphatic heterocycles. The van der Waals surface area contributed by atoms with E-state index in [0.717, 1.165) is 40.2 Å². The molecule has 2 N–H and O–H groups in total. The number of alkyl halides is 3. The molecule has 2 aliphatic rings. The Morgan fingerprint density at radius 1 is 1.15 bits per heavy atom. The highest BCUT2D eigenvalue weighted by atomic mass is 32.2. The third-order valence-corrected chi connectivity index (χ3v) is 8.72. The van der Waals surface area contributed by atoms with Gasteiger partial charge in [-0.15, -0.1) is 0 Å². The molecule has 0 aromatic heterocycles. The van der Waals surface area contributed by atoms with Gasteiger partial charge in [-0.3, -0.25) is 9.69 Å². The number of hydrogen-bond acceptors (Lipinski definition) is 6. The molecule has 8 nitrogen and oxygen atoms in total. The monoisotopic (exact) mass is 568 g/mol. The Morgan fingerprint density at radius 3 is 2.41 bits per heavy atom. The van der Waals surface area contributed by atoms with Crippen molar-refractivity contribution in [2.24, 2.45) is 0 Å². The number of hydrogen-bond donors (Lipinski definition) is 2. The molecule has 0 spiro atoms. The van der Waals surface area contributed by atoms with Gasteiger partial charge in [0.25, 0.3) is 0 Å². The first kappa shape index (κ1) is 29.5. The summed E-state index contributed by atoms with van der Waals surface area (Å²) in [6.07, 6.45) is -3.62. The zero-order chi connectivity index (χ0) is 28.2. The van der Waals surface area contributed by atoms with E-state index >= 15 is 0 Å². The van der Waals surface area contributed by atoms with Gasteiger partial charge in [0, 0.05) is 25.7 Å². The first-order valence-electron chi connectivity index (χ1n) is 12.8. The molecule has 1 amide bonds. The van der Waals surface area contributed by atoms with Crippen LogP contribution in [0.1, 0.15) is 30.9 Å². The molecule has 1 heterocycles. The van der Waals surface area contributed by atoms with Crippen molar-refractivity contribution in [3.63, 3.8) is 0 Å². The zero-order valence-electron chi connectivity index (χ0n) is 21.6. The highest BCUT2D eigenvalue weighted by Crippen LogP contribution is 2.34. The average Bonchev–Trinajstić information content (AvgIpc) is 3.72. The first-order chi connectivity index (χ1) is 18.4. The van der Waals surface area contributed by atoms with Gasteiger partial charge in [-0.1, -0.05) is 30.3 Å². The van der Waals surface area contributed by atoms with E-state index in [1.807, 2.05) is 42.2 Å². The Labute approximate surface area is 226 Å². The average molecular weight is 569 g/mol. The second-order valence-electron chi connectivity index (χ2n) is 10.0. The van der Waals surface area contributed by atoms with Crippen molar-refractivity contribution in [1.29, 1.82) is 0 Å². The lowest BCUT2D eigenvalue weighted by Crippen LogP contribution is -2.53. The van der Waals surface area contributed by atoms with Gasteiger partial charge in [0.2, 0.25) is 15.9 Å². The number of halogens is 3. The molecular formula is C27H33F3N3O5S. The van der Waals surface area contributed by atoms with E-state index in [9.17, 15) is 31.5 Å². The number of carbonyl (C=O) groups excluding carboxylic acids is 1. The number of amides is 1. The van der Waals surface area contributed by atoms with Crippen LogP contribution in [-0.2, 0) is 32.2 Å². The number of benzene rings is 2. The molecule has 2 fully saturated rings. The fraction of sp³-hybridized carbons (Fsp3) is 0.481. The van der Waals surface area contributed by atoms with Crippen LogP contribution in [0.15, 0.2) is 59.5 Å². The molecule has 2 aromatic rings. The standard InChI is InChI=1S/C27H33F3N3O5S/c1-19-16-32(13-14-38-19)18-26(35)31-24(15-20-5-3-2-4-6-20)25(34)17-33(22-9-10-22)39(36,37)23-11-7-21(8-12-23)27(28,29)30/h2-8,11-12,22,24-25,34H,9-10,13-18H2,1H3,(H,31,35)/t24-,25+/m0/s1. The third-order valence-electron chi connectivity index (χ3n) is 6.79. The Bertz CT molecular complexity index is 1210. The van der Waals surface area contributed by atoms with Crippen LogP contribution in [0.25, 0.3) is 0 Å². The molecule has 0 unspecified atom stereocenters. The normalized spacial score (nSPS) is 19.1. The quantitative estimate of drug-likeness (QED) is 0.433. The topological polar surface area (TPSA) is 99.2 Å². The second kappa shape index (κ2) is 12.3. The maximum Gasteiger partial charge on any atom is 0.416 e. The van der Waals surface area contributed by atoms with E-state index in [-0.39, 0.29) is 36.4 Å². The molecule has 1 radical (unpaired) electrons. The third kappa shape index (κ3) is 8.01. The fourth-order valence-electron chi connectivity index (χ4n) is 4.60. The Balaban J connectivity index is 1.50. The van der Waals surface area contributed by atoms with Crippen molar-refractivity contribution < 1.29 is 36.2 Å². The van der Waals surface area contributed by atoms with Gasteiger partial charge >= 0.3 is 6.18 Å². The largest absolute Gasteiger partial charge is 0.416 e. The van der Waals surface area contributed by atoms with Crippen molar-refractivity contribution >= 4 is 15.9 Å². The van der Waals surface area contributed by atoms with Gasteiger partial charge in [0.05, 0.1) is 35.8 Å². The number of nitrogens with one attached hydrogen (secondary N) is 1. The summed E-state index contributed by atoms with van der Waals surface area (Å²) in [5, 5.41) is 14.1. The molecule has 0 bridgehead atoms. The van der Waals surface area contributed by atoms with E-state index in [2.05, 4.69) is 5.32 Å². The Kier molecular flexibility index (Phi) is 9.33. The van der Waals surface area contributed by atoms with Gasteiger partial charge in [-0.25, -0.2) is 8.42 Å². The summed E-state index contributed by atoms with van der Waals surface area (Å²) < 4.78 is 72.4. The van der Waals surface area contributed by atoms with Crippen LogP contribution in [-0.4, -0.2) is 79.6 Å². The van der Waals surface area contributed by atoms with E-state index in [1.54, 1.807) is 0 Å². The lowest BCUT2D eigenvalue weighted by Gasteiger charge is -2.32. The molecule has 4 rings (SSSR count). The van der Waals surface area contributed by atoms with Crippen LogP contribution in [0.3, 0.4) is 0 Å². The summed E-state index contributed by atoms with van der Waals surface area (Å²) in [6, 6.07) is 11.4. The molecule has 213 valence electrons. The molecule has 1 saturated carbocycles. The molecule has 12 heteroatoms. The fourth-order valence-corrected chi connectivity index (χ4v) is 6.30.